The first-order valence-electron chi connectivity index (χ1n) is 7.87. The van der Waals surface area contributed by atoms with Gasteiger partial charge in [0.05, 0.1) is 5.56 Å². The Labute approximate surface area is 136 Å². The third-order valence-electron chi connectivity index (χ3n) is 4.07. The van der Waals surface area contributed by atoms with Crippen LogP contribution in [0.25, 0.3) is 0 Å². The van der Waals surface area contributed by atoms with Gasteiger partial charge in [-0.05, 0) is 32.4 Å². The van der Waals surface area contributed by atoms with Gasteiger partial charge in [-0.25, -0.2) is 4.79 Å². The fourth-order valence-electron chi connectivity index (χ4n) is 2.81. The van der Waals surface area contributed by atoms with Crippen LogP contribution in [0.5, 0.6) is 11.5 Å². The number of hydrogen-bond donors (Lipinski definition) is 1. The number of carbonyl (C=O) groups is 1. The van der Waals surface area contributed by atoms with Crippen molar-refractivity contribution in [3.8, 4) is 11.5 Å². The van der Waals surface area contributed by atoms with Gasteiger partial charge < -0.3 is 24.1 Å². The molecule has 1 aromatic carbocycles. The molecule has 0 bridgehead atoms. The fraction of sp³-hybridized carbons (Fsp3) is 0.588. The lowest BCUT2D eigenvalue weighted by molar-refractivity contribution is -0.357. The minimum atomic E-state index is -1.19. The van der Waals surface area contributed by atoms with Gasteiger partial charge in [-0.3, -0.25) is 0 Å². The van der Waals surface area contributed by atoms with Crippen molar-refractivity contribution in [3.05, 3.63) is 23.3 Å². The smallest absolute Gasteiger partial charge is 0.336 e. The van der Waals surface area contributed by atoms with Crippen LogP contribution in [0, 0.1) is 0 Å². The van der Waals surface area contributed by atoms with Crippen LogP contribution in [0.4, 0.5) is 0 Å². The molecule has 128 valence electrons. The van der Waals surface area contributed by atoms with Crippen LogP contribution in [-0.4, -0.2) is 35.9 Å². The van der Waals surface area contributed by atoms with Gasteiger partial charge in [0.2, 0.25) is 0 Å². The maximum absolute atomic E-state index is 11.4. The van der Waals surface area contributed by atoms with Crippen LogP contribution < -0.4 is 9.47 Å². The minimum absolute atomic E-state index is 0.203. The Morgan fingerprint density at radius 1 is 1.09 bits per heavy atom. The summed E-state index contributed by atoms with van der Waals surface area (Å²) < 4.78 is 23.7. The van der Waals surface area contributed by atoms with Gasteiger partial charge in [0.25, 0.3) is 11.6 Å². The molecule has 1 heterocycles. The predicted octanol–water partition coefficient (Wildman–Crippen LogP) is 3.22. The van der Waals surface area contributed by atoms with E-state index in [4.69, 9.17) is 18.9 Å². The average molecular weight is 324 g/mol. The van der Waals surface area contributed by atoms with Crippen LogP contribution in [0.2, 0.25) is 0 Å². The quantitative estimate of drug-likeness (QED) is 0.866. The van der Waals surface area contributed by atoms with Crippen LogP contribution >= 0.6 is 0 Å². The second-order valence-corrected chi connectivity index (χ2v) is 5.54. The molecule has 2 unspecified atom stereocenters. The van der Waals surface area contributed by atoms with E-state index >= 15 is 0 Å². The number of carboxylic acids is 1. The highest BCUT2D eigenvalue weighted by Gasteiger charge is 2.56. The second kappa shape index (κ2) is 6.37. The van der Waals surface area contributed by atoms with E-state index in [1.807, 2.05) is 20.8 Å². The van der Waals surface area contributed by atoms with Gasteiger partial charge in [-0.15, -0.1) is 0 Å². The van der Waals surface area contributed by atoms with Crippen molar-refractivity contribution in [1.29, 1.82) is 0 Å². The highest BCUT2D eigenvalue weighted by Crippen LogP contribution is 2.47. The summed E-state index contributed by atoms with van der Waals surface area (Å²) in [6.45, 7) is 9.91. The second-order valence-electron chi connectivity index (χ2n) is 5.54. The molecule has 2 rings (SSSR count). The van der Waals surface area contributed by atoms with Gasteiger partial charge in [0, 0.05) is 32.6 Å². The Hall–Kier alpha value is -1.79. The number of fused-ring (bicyclic) bond motifs is 1. The van der Waals surface area contributed by atoms with Crippen molar-refractivity contribution in [2.75, 3.05) is 13.2 Å². The third kappa shape index (κ3) is 2.88. The predicted molar refractivity (Wildman–Crippen MR) is 84.1 cm³/mol. The molecular weight excluding hydrogens is 300 g/mol. The summed E-state index contributed by atoms with van der Waals surface area (Å²) in [5, 5.41) is 9.37. The molecule has 2 atom stereocenters. The zero-order valence-corrected chi connectivity index (χ0v) is 14.3. The van der Waals surface area contributed by atoms with E-state index in [2.05, 4.69) is 0 Å². The largest absolute Gasteiger partial charge is 0.478 e. The van der Waals surface area contributed by atoms with E-state index < -0.39 is 17.5 Å². The number of rotatable bonds is 6. The Morgan fingerprint density at radius 3 is 2.13 bits per heavy atom. The molecule has 1 aliphatic heterocycles. The maximum atomic E-state index is 11.4. The highest BCUT2D eigenvalue weighted by molar-refractivity contribution is 5.91. The Balaban J connectivity index is 2.58. The molecule has 0 amide bonds. The molecule has 1 aliphatic rings. The molecule has 23 heavy (non-hydrogen) atoms. The Bertz CT molecular complexity index is 599. The van der Waals surface area contributed by atoms with Crippen molar-refractivity contribution in [2.24, 2.45) is 0 Å². The van der Waals surface area contributed by atoms with Gasteiger partial charge >= 0.3 is 5.97 Å². The Morgan fingerprint density at radius 2 is 1.65 bits per heavy atom. The zero-order valence-electron chi connectivity index (χ0n) is 14.3. The lowest BCUT2D eigenvalue weighted by Gasteiger charge is -2.48. The van der Waals surface area contributed by atoms with E-state index in [-0.39, 0.29) is 5.56 Å². The number of carboxylic acid groups (broad SMARTS) is 1. The molecule has 0 radical (unpaired) electrons. The van der Waals surface area contributed by atoms with Gasteiger partial charge in [0.15, 0.2) is 11.5 Å². The standard InChI is InChI=1S/C17H24O6/c1-6-11-12(15(18)19)9-10-13-14(11)23-17(5,21-8-3)16(4,22-13)20-7-2/h9-10H,6-8H2,1-5H3,(H,18,19). The van der Waals surface area contributed by atoms with E-state index in [0.717, 1.165) is 0 Å². The summed E-state index contributed by atoms with van der Waals surface area (Å²) in [6.07, 6.45) is 0.502. The monoisotopic (exact) mass is 324 g/mol. The molecule has 6 heteroatoms. The molecule has 0 fully saturated rings. The highest BCUT2D eigenvalue weighted by atomic mass is 16.8. The summed E-state index contributed by atoms with van der Waals surface area (Å²) in [4.78, 5) is 11.4. The molecule has 0 spiro atoms. The van der Waals surface area contributed by atoms with Crippen LogP contribution in [-0.2, 0) is 15.9 Å². The maximum Gasteiger partial charge on any atom is 0.336 e. The number of aromatic carboxylic acids is 1. The summed E-state index contributed by atoms with van der Waals surface area (Å²) in [5.41, 5.74) is 0.785. The lowest BCUT2D eigenvalue weighted by atomic mass is 10.00. The van der Waals surface area contributed by atoms with Gasteiger partial charge in [-0.1, -0.05) is 6.92 Å². The van der Waals surface area contributed by atoms with Gasteiger partial charge in [0.1, 0.15) is 0 Å². The first-order valence-corrected chi connectivity index (χ1v) is 7.87. The van der Waals surface area contributed by atoms with Crippen LogP contribution in [0.3, 0.4) is 0 Å². The minimum Gasteiger partial charge on any atom is -0.478 e. The summed E-state index contributed by atoms with van der Waals surface area (Å²) >= 11 is 0. The first-order chi connectivity index (χ1) is 10.8. The van der Waals surface area contributed by atoms with Crippen molar-refractivity contribution in [2.45, 2.75) is 52.6 Å². The van der Waals surface area contributed by atoms with Crippen LogP contribution in [0.1, 0.15) is 50.5 Å². The van der Waals surface area contributed by atoms with Crippen molar-refractivity contribution in [3.63, 3.8) is 0 Å². The topological polar surface area (TPSA) is 74.2 Å². The molecular formula is C17H24O6. The van der Waals surface area contributed by atoms with E-state index in [1.165, 1.54) is 6.07 Å². The Kier molecular flexibility index (Phi) is 4.87. The number of ether oxygens (including phenoxy) is 4. The summed E-state index contributed by atoms with van der Waals surface area (Å²) in [5.74, 6) is -2.46. The molecule has 0 aliphatic carbocycles. The molecule has 0 aromatic heterocycles. The zero-order chi connectivity index (χ0) is 17.3. The number of hydrogen-bond acceptors (Lipinski definition) is 5. The molecule has 1 N–H and O–H groups in total. The molecule has 6 nitrogen and oxygen atoms in total. The van der Waals surface area contributed by atoms with Crippen molar-refractivity contribution < 1.29 is 28.8 Å². The van der Waals surface area contributed by atoms with E-state index in [1.54, 1.807) is 19.9 Å². The van der Waals surface area contributed by atoms with Gasteiger partial charge in [-0.2, -0.15) is 0 Å². The normalized spacial score (nSPS) is 26.1. The van der Waals surface area contributed by atoms with Crippen LogP contribution in [0.15, 0.2) is 12.1 Å². The third-order valence-corrected chi connectivity index (χ3v) is 4.07. The molecule has 0 saturated heterocycles. The lowest BCUT2D eigenvalue weighted by Crippen LogP contribution is -2.63. The van der Waals surface area contributed by atoms with E-state index in [9.17, 15) is 9.90 Å². The van der Waals surface area contributed by atoms with E-state index in [0.29, 0.717) is 36.7 Å². The summed E-state index contributed by atoms with van der Waals surface area (Å²) in [7, 11) is 0. The average Bonchev–Trinajstić information content (AvgIpc) is 2.47. The number of benzene rings is 1. The van der Waals surface area contributed by atoms with Crippen molar-refractivity contribution in [1.82, 2.24) is 0 Å². The SMILES string of the molecule is CCOC1(C)Oc2ccc(C(=O)O)c(CC)c2OC1(C)OCC. The van der Waals surface area contributed by atoms with Crippen molar-refractivity contribution >= 4 is 5.97 Å². The molecule has 1 aromatic rings. The fourth-order valence-corrected chi connectivity index (χ4v) is 2.81. The first kappa shape index (κ1) is 17.6. The molecule has 0 saturated carbocycles. The summed E-state index contributed by atoms with van der Waals surface area (Å²) in [6, 6.07) is 3.12.